The van der Waals surface area contributed by atoms with Crippen LogP contribution >= 0.6 is 0 Å². The predicted octanol–water partition coefficient (Wildman–Crippen LogP) is 2.79. The third-order valence-electron chi connectivity index (χ3n) is 4.08. The van der Waals surface area contributed by atoms with Gasteiger partial charge in [0.1, 0.15) is 5.60 Å². The van der Waals surface area contributed by atoms with E-state index in [2.05, 4.69) is 5.32 Å². The number of amides is 1. The smallest absolute Gasteiger partial charge is 0.410 e. The number of piperidine rings is 1. The SMILES string of the molecule is CC(C)(C)OC(=O)N1CCC(OCCCNCC2CC2)CC1. The zero-order chi connectivity index (χ0) is 16.0. The van der Waals surface area contributed by atoms with Gasteiger partial charge in [-0.3, -0.25) is 0 Å². The largest absolute Gasteiger partial charge is 0.444 e. The molecule has 2 fully saturated rings. The number of nitrogens with zero attached hydrogens (tertiary/aromatic N) is 1. The van der Waals surface area contributed by atoms with E-state index in [-0.39, 0.29) is 6.09 Å². The molecular formula is C17H32N2O3. The van der Waals surface area contributed by atoms with Gasteiger partial charge in [-0.1, -0.05) is 0 Å². The summed E-state index contributed by atoms with van der Waals surface area (Å²) in [5.74, 6) is 0.943. The lowest BCUT2D eigenvalue weighted by Gasteiger charge is -2.33. The maximum absolute atomic E-state index is 12.0. The Labute approximate surface area is 134 Å². The zero-order valence-electron chi connectivity index (χ0n) is 14.4. The first-order valence-corrected chi connectivity index (χ1v) is 8.74. The Bertz CT molecular complexity index is 342. The molecule has 0 radical (unpaired) electrons. The first-order chi connectivity index (χ1) is 10.4. The normalized spacial score (nSPS) is 20.2. The van der Waals surface area contributed by atoms with Gasteiger partial charge in [0.25, 0.3) is 0 Å². The van der Waals surface area contributed by atoms with Gasteiger partial charge >= 0.3 is 6.09 Å². The average Bonchev–Trinajstić information content (AvgIpc) is 3.25. The van der Waals surface area contributed by atoms with E-state index in [0.717, 1.165) is 51.4 Å². The Morgan fingerprint density at radius 2 is 1.86 bits per heavy atom. The minimum Gasteiger partial charge on any atom is -0.444 e. The second-order valence-corrected chi connectivity index (χ2v) is 7.54. The molecule has 1 amide bonds. The molecule has 1 aliphatic heterocycles. The standard InChI is InChI=1S/C17H32N2O3/c1-17(2,3)22-16(20)19-10-7-15(8-11-19)21-12-4-9-18-13-14-5-6-14/h14-15,18H,4-13H2,1-3H3. The summed E-state index contributed by atoms with van der Waals surface area (Å²) in [6.45, 7) is 10.2. The number of hydrogen-bond acceptors (Lipinski definition) is 4. The molecule has 0 spiro atoms. The molecule has 128 valence electrons. The van der Waals surface area contributed by atoms with Crippen molar-refractivity contribution in [2.24, 2.45) is 5.92 Å². The highest BCUT2D eigenvalue weighted by atomic mass is 16.6. The highest BCUT2D eigenvalue weighted by Gasteiger charge is 2.27. The van der Waals surface area contributed by atoms with Crippen molar-refractivity contribution in [1.82, 2.24) is 10.2 Å². The fourth-order valence-electron chi connectivity index (χ4n) is 2.61. The van der Waals surface area contributed by atoms with Crippen molar-refractivity contribution >= 4 is 6.09 Å². The van der Waals surface area contributed by atoms with Crippen molar-refractivity contribution in [2.75, 3.05) is 32.8 Å². The van der Waals surface area contributed by atoms with E-state index < -0.39 is 5.60 Å². The van der Waals surface area contributed by atoms with Gasteiger partial charge in [0.05, 0.1) is 6.10 Å². The molecular weight excluding hydrogens is 280 g/mol. The number of nitrogens with one attached hydrogen (secondary N) is 1. The van der Waals surface area contributed by atoms with Crippen LogP contribution in [-0.4, -0.2) is 55.5 Å². The van der Waals surface area contributed by atoms with E-state index in [1.54, 1.807) is 4.90 Å². The van der Waals surface area contributed by atoms with Gasteiger partial charge in [-0.2, -0.15) is 0 Å². The van der Waals surface area contributed by atoms with E-state index in [1.807, 2.05) is 20.8 Å². The maximum Gasteiger partial charge on any atom is 0.410 e. The topological polar surface area (TPSA) is 50.8 Å². The number of carbonyl (C=O) groups excluding carboxylic acids is 1. The van der Waals surface area contributed by atoms with Crippen LogP contribution in [-0.2, 0) is 9.47 Å². The van der Waals surface area contributed by atoms with Gasteiger partial charge in [-0.25, -0.2) is 4.79 Å². The molecule has 0 unspecified atom stereocenters. The molecule has 0 bridgehead atoms. The third kappa shape index (κ3) is 6.97. The summed E-state index contributed by atoms with van der Waals surface area (Å²) in [5.41, 5.74) is -0.419. The Morgan fingerprint density at radius 1 is 1.18 bits per heavy atom. The summed E-state index contributed by atoms with van der Waals surface area (Å²) < 4.78 is 11.3. The molecule has 1 heterocycles. The van der Waals surface area contributed by atoms with Gasteiger partial charge in [0.15, 0.2) is 0 Å². The van der Waals surface area contributed by atoms with Crippen LogP contribution in [0, 0.1) is 5.92 Å². The number of ether oxygens (including phenoxy) is 2. The summed E-state index contributed by atoms with van der Waals surface area (Å²) in [6, 6.07) is 0. The van der Waals surface area contributed by atoms with Crippen LogP contribution < -0.4 is 5.32 Å². The summed E-state index contributed by atoms with van der Waals surface area (Å²) in [7, 11) is 0. The fourth-order valence-corrected chi connectivity index (χ4v) is 2.61. The van der Waals surface area contributed by atoms with Crippen LogP contribution in [0.5, 0.6) is 0 Å². The van der Waals surface area contributed by atoms with Crippen LogP contribution in [0.25, 0.3) is 0 Å². The van der Waals surface area contributed by atoms with Gasteiger partial charge in [-0.15, -0.1) is 0 Å². The average molecular weight is 312 g/mol. The lowest BCUT2D eigenvalue weighted by molar-refractivity contribution is -0.0117. The van der Waals surface area contributed by atoms with Gasteiger partial charge < -0.3 is 19.7 Å². The Hall–Kier alpha value is -0.810. The minimum absolute atomic E-state index is 0.199. The Kier molecular flexibility index (Phi) is 6.50. The van der Waals surface area contributed by atoms with E-state index in [9.17, 15) is 4.79 Å². The van der Waals surface area contributed by atoms with Crippen LogP contribution in [0.1, 0.15) is 52.9 Å². The second kappa shape index (κ2) is 8.16. The monoisotopic (exact) mass is 312 g/mol. The van der Waals surface area contributed by atoms with Crippen molar-refractivity contribution in [2.45, 2.75) is 64.6 Å². The summed E-state index contributed by atoms with van der Waals surface area (Å²) in [5, 5.41) is 3.48. The predicted molar refractivity (Wildman–Crippen MR) is 87.0 cm³/mol. The molecule has 0 aromatic carbocycles. The molecule has 1 saturated carbocycles. The first-order valence-electron chi connectivity index (χ1n) is 8.74. The molecule has 1 saturated heterocycles. The van der Waals surface area contributed by atoms with Crippen LogP contribution in [0.3, 0.4) is 0 Å². The molecule has 5 nitrogen and oxygen atoms in total. The van der Waals surface area contributed by atoms with Crippen LogP contribution in [0.15, 0.2) is 0 Å². The van der Waals surface area contributed by atoms with E-state index in [1.165, 1.54) is 19.4 Å². The zero-order valence-corrected chi connectivity index (χ0v) is 14.4. The quantitative estimate of drug-likeness (QED) is 0.735. The van der Waals surface area contributed by atoms with Crippen LogP contribution in [0.4, 0.5) is 4.79 Å². The molecule has 1 N–H and O–H groups in total. The highest BCUT2D eigenvalue weighted by Crippen LogP contribution is 2.27. The summed E-state index contributed by atoms with van der Waals surface area (Å²) in [6.07, 6.45) is 5.79. The van der Waals surface area contributed by atoms with E-state index >= 15 is 0 Å². The Morgan fingerprint density at radius 3 is 2.45 bits per heavy atom. The van der Waals surface area contributed by atoms with Crippen LogP contribution in [0.2, 0.25) is 0 Å². The van der Waals surface area contributed by atoms with Crippen molar-refractivity contribution in [3.05, 3.63) is 0 Å². The summed E-state index contributed by atoms with van der Waals surface area (Å²) >= 11 is 0. The molecule has 2 rings (SSSR count). The number of hydrogen-bond donors (Lipinski definition) is 1. The van der Waals surface area contributed by atoms with Crippen molar-refractivity contribution < 1.29 is 14.3 Å². The van der Waals surface area contributed by atoms with Gasteiger partial charge in [-0.05, 0) is 71.9 Å². The number of likely N-dealkylation sites (tertiary alicyclic amines) is 1. The van der Waals surface area contributed by atoms with Gasteiger partial charge in [0, 0.05) is 19.7 Å². The first kappa shape index (κ1) is 17.5. The lowest BCUT2D eigenvalue weighted by Crippen LogP contribution is -2.43. The molecule has 2 aliphatic rings. The maximum atomic E-state index is 12.0. The van der Waals surface area contributed by atoms with Crippen molar-refractivity contribution in [3.8, 4) is 0 Å². The number of carbonyl (C=O) groups is 1. The molecule has 0 atom stereocenters. The molecule has 22 heavy (non-hydrogen) atoms. The number of rotatable bonds is 7. The Balaban J connectivity index is 1.50. The lowest BCUT2D eigenvalue weighted by atomic mass is 10.1. The van der Waals surface area contributed by atoms with E-state index in [0.29, 0.717) is 6.10 Å². The van der Waals surface area contributed by atoms with E-state index in [4.69, 9.17) is 9.47 Å². The summed E-state index contributed by atoms with van der Waals surface area (Å²) in [4.78, 5) is 13.8. The molecule has 5 heteroatoms. The van der Waals surface area contributed by atoms with Crippen molar-refractivity contribution in [1.29, 1.82) is 0 Å². The fraction of sp³-hybridized carbons (Fsp3) is 0.941. The molecule has 1 aliphatic carbocycles. The molecule has 0 aromatic heterocycles. The highest BCUT2D eigenvalue weighted by molar-refractivity contribution is 5.68. The minimum atomic E-state index is -0.419. The van der Waals surface area contributed by atoms with Gasteiger partial charge in [0.2, 0.25) is 0 Å². The van der Waals surface area contributed by atoms with Crippen molar-refractivity contribution in [3.63, 3.8) is 0 Å². The second-order valence-electron chi connectivity index (χ2n) is 7.54. The third-order valence-corrected chi connectivity index (χ3v) is 4.08. The molecule has 0 aromatic rings.